The topological polar surface area (TPSA) is 93.7 Å². The van der Waals surface area contributed by atoms with Crippen LogP contribution >= 0.6 is 0 Å². The summed E-state index contributed by atoms with van der Waals surface area (Å²) in [5.74, 6) is -1.14. The Bertz CT molecular complexity index is 576. The lowest BCUT2D eigenvalue weighted by Crippen LogP contribution is -2.53. The highest BCUT2D eigenvalue weighted by molar-refractivity contribution is 5.89. The van der Waals surface area contributed by atoms with Gasteiger partial charge in [0.15, 0.2) is 0 Å². The van der Waals surface area contributed by atoms with Gasteiger partial charge in [0.2, 0.25) is 5.91 Å². The Balaban J connectivity index is 2.63. The Morgan fingerprint density at radius 3 is 2.28 bits per heavy atom. The molecule has 2 N–H and O–H groups in total. The zero-order valence-electron chi connectivity index (χ0n) is 15.1. The Morgan fingerprint density at radius 1 is 1.08 bits per heavy atom. The number of esters is 1. The van der Waals surface area contributed by atoms with Crippen molar-refractivity contribution in [2.45, 2.75) is 45.9 Å². The van der Waals surface area contributed by atoms with Crippen molar-refractivity contribution in [3.63, 3.8) is 0 Å². The van der Waals surface area contributed by atoms with Gasteiger partial charge >= 0.3 is 12.1 Å². The number of benzene rings is 1. The van der Waals surface area contributed by atoms with E-state index in [-0.39, 0.29) is 12.5 Å². The maximum absolute atomic E-state index is 12.4. The standard InChI is InChI=1S/C18H26N2O5/c1-5-12(2)15(16(21)19-13(3)17(22)24-4)20-18(23)25-11-14-9-7-6-8-10-14/h6-10,12-13,15H,5,11H2,1-4H3,(H,19,21)(H,20,23)/t12-,13+,15+/m0/s1. The second kappa shape index (κ2) is 10.3. The fourth-order valence-corrected chi connectivity index (χ4v) is 2.13. The summed E-state index contributed by atoms with van der Waals surface area (Å²) in [5.41, 5.74) is 0.849. The molecule has 0 unspecified atom stereocenters. The molecule has 0 aliphatic carbocycles. The summed E-state index contributed by atoms with van der Waals surface area (Å²) in [6.07, 6.45) is -0.0149. The van der Waals surface area contributed by atoms with Gasteiger partial charge in [0.25, 0.3) is 0 Å². The first-order valence-electron chi connectivity index (χ1n) is 8.24. The summed E-state index contributed by atoms with van der Waals surface area (Å²) >= 11 is 0. The molecule has 0 aliphatic rings. The first-order chi connectivity index (χ1) is 11.9. The van der Waals surface area contributed by atoms with Crippen molar-refractivity contribution >= 4 is 18.0 Å². The predicted molar refractivity (Wildman–Crippen MR) is 92.6 cm³/mol. The Hall–Kier alpha value is -2.57. The Morgan fingerprint density at radius 2 is 1.72 bits per heavy atom. The van der Waals surface area contributed by atoms with Gasteiger partial charge in [0, 0.05) is 0 Å². The van der Waals surface area contributed by atoms with Gasteiger partial charge in [-0.2, -0.15) is 0 Å². The third-order valence-corrected chi connectivity index (χ3v) is 3.90. The molecule has 0 fully saturated rings. The van der Waals surface area contributed by atoms with E-state index in [0.29, 0.717) is 6.42 Å². The highest BCUT2D eigenvalue weighted by atomic mass is 16.5. The molecule has 7 heteroatoms. The van der Waals surface area contributed by atoms with Crippen molar-refractivity contribution in [1.82, 2.24) is 10.6 Å². The number of ether oxygens (including phenoxy) is 2. The Kier molecular flexibility index (Phi) is 8.46. The maximum atomic E-state index is 12.4. The fraction of sp³-hybridized carbons (Fsp3) is 0.500. The maximum Gasteiger partial charge on any atom is 0.408 e. The van der Waals surface area contributed by atoms with Crippen molar-refractivity contribution in [2.75, 3.05) is 7.11 Å². The van der Waals surface area contributed by atoms with Gasteiger partial charge in [0.1, 0.15) is 18.7 Å². The molecule has 0 saturated heterocycles. The molecule has 1 aromatic rings. The zero-order chi connectivity index (χ0) is 18.8. The van der Waals surface area contributed by atoms with Crippen LogP contribution in [0.3, 0.4) is 0 Å². The van der Waals surface area contributed by atoms with E-state index in [1.807, 2.05) is 44.2 Å². The van der Waals surface area contributed by atoms with E-state index in [2.05, 4.69) is 15.4 Å². The molecule has 138 valence electrons. The lowest BCUT2D eigenvalue weighted by atomic mass is 9.98. The minimum Gasteiger partial charge on any atom is -0.467 e. The molecule has 1 rings (SSSR count). The quantitative estimate of drug-likeness (QED) is 0.700. The summed E-state index contributed by atoms with van der Waals surface area (Å²) in [7, 11) is 1.25. The molecule has 1 aromatic carbocycles. The number of rotatable bonds is 8. The number of hydrogen-bond donors (Lipinski definition) is 2. The monoisotopic (exact) mass is 350 g/mol. The third-order valence-electron chi connectivity index (χ3n) is 3.90. The SMILES string of the molecule is CC[C@H](C)[C@@H](NC(=O)OCc1ccccc1)C(=O)N[C@H](C)C(=O)OC. The number of carbonyl (C=O) groups is 3. The highest BCUT2D eigenvalue weighted by Crippen LogP contribution is 2.09. The van der Waals surface area contributed by atoms with Crippen LogP contribution in [0.15, 0.2) is 30.3 Å². The van der Waals surface area contributed by atoms with Crippen LogP contribution in [0.2, 0.25) is 0 Å². The first-order valence-corrected chi connectivity index (χ1v) is 8.24. The van der Waals surface area contributed by atoms with Gasteiger partial charge in [-0.25, -0.2) is 9.59 Å². The van der Waals surface area contributed by atoms with Crippen molar-refractivity contribution in [3.05, 3.63) is 35.9 Å². The highest BCUT2D eigenvalue weighted by Gasteiger charge is 2.29. The van der Waals surface area contributed by atoms with E-state index in [1.165, 1.54) is 14.0 Å². The zero-order valence-corrected chi connectivity index (χ0v) is 15.1. The molecule has 7 nitrogen and oxygen atoms in total. The van der Waals surface area contributed by atoms with Gasteiger partial charge in [-0.15, -0.1) is 0 Å². The molecule has 0 aromatic heterocycles. The summed E-state index contributed by atoms with van der Waals surface area (Å²) in [5, 5.41) is 5.12. The van der Waals surface area contributed by atoms with Crippen molar-refractivity contribution in [2.24, 2.45) is 5.92 Å². The normalized spacial score (nSPS) is 13.9. The van der Waals surface area contributed by atoms with Crippen LogP contribution in [0.25, 0.3) is 0 Å². The van der Waals surface area contributed by atoms with Crippen LogP contribution in [0, 0.1) is 5.92 Å². The van der Waals surface area contributed by atoms with Crippen LogP contribution in [0.1, 0.15) is 32.8 Å². The van der Waals surface area contributed by atoms with Gasteiger partial charge < -0.3 is 20.1 Å². The lowest BCUT2D eigenvalue weighted by molar-refractivity contribution is -0.144. The summed E-state index contributed by atoms with van der Waals surface area (Å²) in [6, 6.07) is 7.64. The van der Waals surface area contributed by atoms with E-state index < -0.39 is 30.1 Å². The van der Waals surface area contributed by atoms with Crippen LogP contribution in [-0.2, 0) is 25.7 Å². The molecule has 3 atom stereocenters. The van der Waals surface area contributed by atoms with Crippen LogP contribution in [-0.4, -0.2) is 37.2 Å². The average Bonchev–Trinajstić information content (AvgIpc) is 2.63. The van der Waals surface area contributed by atoms with Crippen molar-refractivity contribution in [3.8, 4) is 0 Å². The number of carbonyl (C=O) groups excluding carboxylic acids is 3. The van der Waals surface area contributed by atoms with Gasteiger partial charge in [-0.3, -0.25) is 4.79 Å². The molecule has 25 heavy (non-hydrogen) atoms. The number of methoxy groups -OCH3 is 1. The number of alkyl carbamates (subject to hydrolysis) is 1. The van der Waals surface area contributed by atoms with E-state index in [1.54, 1.807) is 0 Å². The molecule has 0 heterocycles. The fourth-order valence-electron chi connectivity index (χ4n) is 2.13. The molecular formula is C18H26N2O5. The summed E-state index contributed by atoms with van der Waals surface area (Å²) in [4.78, 5) is 35.9. The molecule has 0 radical (unpaired) electrons. The first kappa shape index (κ1) is 20.5. The molecule has 0 spiro atoms. The second-order valence-corrected chi connectivity index (χ2v) is 5.82. The minimum atomic E-state index is -0.805. The van der Waals surface area contributed by atoms with E-state index >= 15 is 0 Å². The number of amides is 2. The molecule has 0 bridgehead atoms. The third kappa shape index (κ3) is 6.82. The summed E-state index contributed by atoms with van der Waals surface area (Å²) < 4.78 is 9.74. The van der Waals surface area contributed by atoms with E-state index in [9.17, 15) is 14.4 Å². The summed E-state index contributed by atoms with van der Waals surface area (Å²) in [6.45, 7) is 5.38. The van der Waals surface area contributed by atoms with Gasteiger partial charge in [0.05, 0.1) is 7.11 Å². The van der Waals surface area contributed by atoms with Crippen LogP contribution in [0.5, 0.6) is 0 Å². The number of hydrogen-bond acceptors (Lipinski definition) is 5. The largest absolute Gasteiger partial charge is 0.467 e. The predicted octanol–water partition coefficient (Wildman–Crippen LogP) is 2.01. The Labute approximate surface area is 148 Å². The molecule has 0 saturated carbocycles. The molecule has 0 aliphatic heterocycles. The molecule has 2 amide bonds. The van der Waals surface area contributed by atoms with E-state index in [4.69, 9.17) is 4.74 Å². The van der Waals surface area contributed by atoms with Gasteiger partial charge in [-0.05, 0) is 18.4 Å². The minimum absolute atomic E-state index is 0.111. The smallest absolute Gasteiger partial charge is 0.408 e. The number of nitrogens with one attached hydrogen (secondary N) is 2. The average molecular weight is 350 g/mol. The van der Waals surface area contributed by atoms with Gasteiger partial charge in [-0.1, -0.05) is 50.6 Å². The van der Waals surface area contributed by atoms with Crippen LogP contribution < -0.4 is 10.6 Å². The lowest BCUT2D eigenvalue weighted by Gasteiger charge is -2.24. The van der Waals surface area contributed by atoms with E-state index in [0.717, 1.165) is 5.56 Å². The van der Waals surface area contributed by atoms with Crippen molar-refractivity contribution < 1.29 is 23.9 Å². The van der Waals surface area contributed by atoms with Crippen LogP contribution in [0.4, 0.5) is 4.79 Å². The second-order valence-electron chi connectivity index (χ2n) is 5.82. The molecular weight excluding hydrogens is 324 g/mol. The van der Waals surface area contributed by atoms with Crippen molar-refractivity contribution in [1.29, 1.82) is 0 Å².